The largest absolute Gasteiger partial charge is 0.488 e. The van der Waals surface area contributed by atoms with Gasteiger partial charge in [-0.3, -0.25) is 4.79 Å². The van der Waals surface area contributed by atoms with E-state index in [9.17, 15) is 4.79 Å². The van der Waals surface area contributed by atoms with Gasteiger partial charge in [-0.15, -0.1) is 0 Å². The maximum atomic E-state index is 11.1. The van der Waals surface area contributed by atoms with Crippen molar-refractivity contribution in [1.82, 2.24) is 0 Å². The summed E-state index contributed by atoms with van der Waals surface area (Å²) in [5, 5.41) is 0. The summed E-state index contributed by atoms with van der Waals surface area (Å²) in [6, 6.07) is 11.3. The molecule has 3 nitrogen and oxygen atoms in total. The van der Waals surface area contributed by atoms with Gasteiger partial charge in [0.2, 0.25) is 5.91 Å². The second kappa shape index (κ2) is 6.09. The lowest BCUT2D eigenvalue weighted by molar-refractivity contribution is 0.1000. The number of primary amides is 1. The van der Waals surface area contributed by atoms with E-state index in [1.54, 1.807) is 12.1 Å². The lowest BCUT2D eigenvalue weighted by Gasteiger charge is -2.11. The highest BCUT2D eigenvalue weighted by Crippen LogP contribution is 2.27. The van der Waals surface area contributed by atoms with Crippen molar-refractivity contribution in [3.63, 3.8) is 0 Å². The van der Waals surface area contributed by atoms with Crippen LogP contribution in [0.1, 0.15) is 27.0 Å². The van der Waals surface area contributed by atoms with Crippen molar-refractivity contribution in [2.24, 2.45) is 5.73 Å². The van der Waals surface area contributed by atoms with E-state index < -0.39 is 5.91 Å². The zero-order valence-corrected chi connectivity index (χ0v) is 13.0. The van der Waals surface area contributed by atoms with Crippen LogP contribution in [0.4, 0.5) is 0 Å². The third-order valence-corrected chi connectivity index (χ3v) is 3.72. The van der Waals surface area contributed by atoms with Crippen LogP contribution in [0.15, 0.2) is 40.9 Å². The molecule has 4 heteroatoms. The summed E-state index contributed by atoms with van der Waals surface area (Å²) >= 11 is 3.48. The summed E-state index contributed by atoms with van der Waals surface area (Å²) in [7, 11) is 0. The van der Waals surface area contributed by atoms with Gasteiger partial charge >= 0.3 is 0 Å². The molecule has 0 aliphatic heterocycles. The minimum absolute atomic E-state index is 0.415. The molecule has 0 heterocycles. The van der Waals surface area contributed by atoms with Gasteiger partial charge in [0.25, 0.3) is 0 Å². The first-order valence-corrected chi connectivity index (χ1v) is 7.05. The number of ether oxygens (including phenoxy) is 1. The molecule has 0 spiro atoms. The molecule has 0 saturated carbocycles. The summed E-state index contributed by atoms with van der Waals surface area (Å²) in [6.07, 6.45) is 0. The molecule has 0 unspecified atom stereocenters. The van der Waals surface area contributed by atoms with Gasteiger partial charge in [-0.25, -0.2) is 0 Å². The SMILES string of the molecule is Cc1ccc(OCc2ccc(C(N)=O)cc2C)c(Br)c1. The van der Waals surface area contributed by atoms with E-state index in [-0.39, 0.29) is 0 Å². The third kappa shape index (κ3) is 3.39. The fourth-order valence-corrected chi connectivity index (χ4v) is 2.50. The van der Waals surface area contributed by atoms with Crippen molar-refractivity contribution in [1.29, 1.82) is 0 Å². The van der Waals surface area contributed by atoms with Gasteiger partial charge in [0.15, 0.2) is 0 Å². The van der Waals surface area contributed by atoms with Crippen LogP contribution in [-0.4, -0.2) is 5.91 Å². The van der Waals surface area contributed by atoms with E-state index in [1.807, 2.05) is 38.1 Å². The Bertz CT molecular complexity index is 653. The first kappa shape index (κ1) is 14.6. The van der Waals surface area contributed by atoms with E-state index >= 15 is 0 Å². The molecule has 104 valence electrons. The molecule has 0 saturated heterocycles. The van der Waals surface area contributed by atoms with Crippen LogP contribution in [0, 0.1) is 13.8 Å². The van der Waals surface area contributed by atoms with E-state index in [1.165, 1.54) is 5.56 Å². The molecule has 20 heavy (non-hydrogen) atoms. The Labute approximate surface area is 126 Å². The molecule has 0 aliphatic carbocycles. The first-order valence-electron chi connectivity index (χ1n) is 6.25. The number of rotatable bonds is 4. The second-order valence-corrected chi connectivity index (χ2v) is 5.58. The van der Waals surface area contributed by atoms with Crippen LogP contribution in [0.5, 0.6) is 5.75 Å². The molecule has 2 aromatic carbocycles. The van der Waals surface area contributed by atoms with Gasteiger partial charge in [0, 0.05) is 5.56 Å². The van der Waals surface area contributed by atoms with Gasteiger partial charge in [-0.1, -0.05) is 12.1 Å². The normalized spacial score (nSPS) is 10.3. The highest BCUT2D eigenvalue weighted by atomic mass is 79.9. The Kier molecular flexibility index (Phi) is 4.45. The maximum absolute atomic E-state index is 11.1. The summed E-state index contributed by atoms with van der Waals surface area (Å²) in [4.78, 5) is 11.1. The van der Waals surface area contributed by atoms with Crippen LogP contribution >= 0.6 is 15.9 Å². The molecule has 0 fully saturated rings. The monoisotopic (exact) mass is 333 g/mol. The van der Waals surface area contributed by atoms with Gasteiger partial charge in [-0.05, 0) is 70.7 Å². The smallest absolute Gasteiger partial charge is 0.248 e. The molecule has 0 bridgehead atoms. The minimum atomic E-state index is -0.415. The Morgan fingerprint density at radius 1 is 1.20 bits per heavy atom. The quantitative estimate of drug-likeness (QED) is 0.926. The van der Waals surface area contributed by atoms with E-state index in [0.29, 0.717) is 12.2 Å². The minimum Gasteiger partial charge on any atom is -0.488 e. The summed E-state index contributed by atoms with van der Waals surface area (Å²) in [6.45, 7) is 4.42. The predicted molar refractivity (Wildman–Crippen MR) is 82.9 cm³/mol. The van der Waals surface area contributed by atoms with Crippen LogP contribution in [-0.2, 0) is 6.61 Å². The lowest BCUT2D eigenvalue weighted by Crippen LogP contribution is -2.11. The molecular weight excluding hydrogens is 318 g/mol. The van der Waals surface area contributed by atoms with Crippen molar-refractivity contribution < 1.29 is 9.53 Å². The second-order valence-electron chi connectivity index (χ2n) is 4.73. The maximum Gasteiger partial charge on any atom is 0.248 e. The Morgan fingerprint density at radius 2 is 1.95 bits per heavy atom. The fourth-order valence-electron chi connectivity index (χ4n) is 1.89. The Balaban J connectivity index is 2.13. The Hall–Kier alpha value is -1.81. The average Bonchev–Trinajstić information content (AvgIpc) is 2.38. The number of carbonyl (C=O) groups excluding carboxylic acids is 1. The van der Waals surface area contributed by atoms with E-state index in [0.717, 1.165) is 21.3 Å². The van der Waals surface area contributed by atoms with Gasteiger partial charge in [0.1, 0.15) is 12.4 Å². The molecule has 2 rings (SSSR count). The summed E-state index contributed by atoms with van der Waals surface area (Å²) in [5.41, 5.74) is 8.96. The van der Waals surface area contributed by atoms with Crippen LogP contribution in [0.2, 0.25) is 0 Å². The van der Waals surface area contributed by atoms with Crippen LogP contribution in [0.3, 0.4) is 0 Å². The molecule has 0 aromatic heterocycles. The number of hydrogen-bond donors (Lipinski definition) is 1. The first-order chi connectivity index (χ1) is 9.47. The lowest BCUT2D eigenvalue weighted by atomic mass is 10.1. The third-order valence-electron chi connectivity index (χ3n) is 3.10. The van der Waals surface area contributed by atoms with E-state index in [4.69, 9.17) is 10.5 Å². The molecule has 2 aromatic rings. The van der Waals surface area contributed by atoms with Gasteiger partial charge < -0.3 is 10.5 Å². The number of carbonyl (C=O) groups is 1. The van der Waals surface area contributed by atoms with Crippen LogP contribution < -0.4 is 10.5 Å². The summed E-state index contributed by atoms with van der Waals surface area (Å²) < 4.78 is 6.73. The number of aryl methyl sites for hydroxylation is 2. The van der Waals surface area contributed by atoms with Crippen molar-refractivity contribution in [2.75, 3.05) is 0 Å². The van der Waals surface area contributed by atoms with Gasteiger partial charge in [0.05, 0.1) is 4.47 Å². The Morgan fingerprint density at radius 3 is 2.55 bits per heavy atom. The van der Waals surface area contributed by atoms with Crippen molar-refractivity contribution in [3.8, 4) is 5.75 Å². The predicted octanol–water partition coefficient (Wildman–Crippen LogP) is 3.74. The molecular formula is C16H16BrNO2. The van der Waals surface area contributed by atoms with Crippen molar-refractivity contribution >= 4 is 21.8 Å². The fraction of sp³-hybridized carbons (Fsp3) is 0.188. The molecule has 0 aliphatic rings. The molecule has 2 N–H and O–H groups in total. The molecule has 0 radical (unpaired) electrons. The van der Waals surface area contributed by atoms with Gasteiger partial charge in [-0.2, -0.15) is 0 Å². The highest BCUT2D eigenvalue weighted by Gasteiger charge is 2.06. The standard InChI is InChI=1S/C16H16BrNO2/c1-10-3-6-15(14(17)7-10)20-9-13-5-4-12(16(18)19)8-11(13)2/h3-8H,9H2,1-2H3,(H2,18,19). The summed E-state index contributed by atoms with van der Waals surface area (Å²) in [5.74, 6) is 0.385. The molecule has 0 atom stereocenters. The zero-order chi connectivity index (χ0) is 14.7. The number of nitrogens with two attached hydrogens (primary N) is 1. The number of hydrogen-bond acceptors (Lipinski definition) is 2. The topological polar surface area (TPSA) is 52.3 Å². The van der Waals surface area contributed by atoms with Crippen LogP contribution in [0.25, 0.3) is 0 Å². The highest BCUT2D eigenvalue weighted by molar-refractivity contribution is 9.10. The molecule has 1 amide bonds. The van der Waals surface area contributed by atoms with E-state index in [2.05, 4.69) is 15.9 Å². The average molecular weight is 334 g/mol. The van der Waals surface area contributed by atoms with Crippen molar-refractivity contribution in [2.45, 2.75) is 20.5 Å². The van der Waals surface area contributed by atoms with Crippen molar-refractivity contribution in [3.05, 3.63) is 63.1 Å². The number of benzene rings is 2. The number of halogens is 1. The zero-order valence-electron chi connectivity index (χ0n) is 11.4. The number of amides is 1.